The Morgan fingerprint density at radius 1 is 1.35 bits per heavy atom. The number of aromatic nitrogens is 1. The molecule has 0 aliphatic rings. The van der Waals surface area contributed by atoms with Gasteiger partial charge in [-0.15, -0.1) is 10.2 Å². The molecule has 1 N–H and O–H groups in total. The highest BCUT2D eigenvalue weighted by Crippen LogP contribution is 2.31. The van der Waals surface area contributed by atoms with Gasteiger partial charge in [-0.25, -0.2) is 0 Å². The van der Waals surface area contributed by atoms with Crippen LogP contribution in [-0.2, 0) is 6.54 Å². The molecular weight excluding hydrogens is 339 g/mol. The van der Waals surface area contributed by atoms with Crippen molar-refractivity contribution in [2.45, 2.75) is 20.4 Å². The Bertz CT molecular complexity index is 898. The number of hydrogen-bond donors (Lipinski definition) is 1. The van der Waals surface area contributed by atoms with Crippen LogP contribution in [0.3, 0.4) is 0 Å². The van der Waals surface area contributed by atoms with Gasteiger partial charge in [0.25, 0.3) is 5.56 Å². The summed E-state index contributed by atoms with van der Waals surface area (Å²) < 4.78 is 1.06. The van der Waals surface area contributed by atoms with Gasteiger partial charge in [0.05, 0.1) is 5.02 Å². The summed E-state index contributed by atoms with van der Waals surface area (Å²) in [7, 11) is 0. The van der Waals surface area contributed by atoms with Crippen LogP contribution in [0.2, 0.25) is 10.0 Å². The van der Waals surface area contributed by atoms with Crippen LogP contribution in [-0.4, -0.2) is 9.67 Å². The van der Waals surface area contributed by atoms with Gasteiger partial charge in [0.15, 0.2) is 5.69 Å². The maximum atomic E-state index is 12.4. The van der Waals surface area contributed by atoms with Crippen LogP contribution in [0.1, 0.15) is 18.1 Å². The molecule has 118 valence electrons. The van der Waals surface area contributed by atoms with Crippen molar-refractivity contribution in [3.05, 3.63) is 49.7 Å². The fourth-order valence-electron chi connectivity index (χ4n) is 2.02. The molecule has 1 aromatic heterocycles. The standard InChI is InChI=1S/C15H12Cl2N4O2/c1-3-21-14(22)10(7-18)8(2)13(15(21)23)20-19-12-5-4-9(16)6-11(12)17/h4-6,22H,3H2,1-2H3. The van der Waals surface area contributed by atoms with Crippen molar-refractivity contribution in [3.8, 4) is 11.9 Å². The highest BCUT2D eigenvalue weighted by atomic mass is 35.5. The van der Waals surface area contributed by atoms with Crippen molar-refractivity contribution in [2.24, 2.45) is 10.2 Å². The smallest absolute Gasteiger partial charge is 0.281 e. The predicted molar refractivity (Wildman–Crippen MR) is 88.1 cm³/mol. The van der Waals surface area contributed by atoms with Gasteiger partial charge < -0.3 is 5.11 Å². The van der Waals surface area contributed by atoms with Crippen molar-refractivity contribution < 1.29 is 5.11 Å². The molecule has 1 aromatic carbocycles. The number of hydrogen-bond acceptors (Lipinski definition) is 5. The number of benzene rings is 1. The molecule has 6 nitrogen and oxygen atoms in total. The highest BCUT2D eigenvalue weighted by Gasteiger charge is 2.18. The number of aromatic hydroxyl groups is 1. The number of pyridine rings is 1. The molecule has 0 bridgehead atoms. The van der Waals surface area contributed by atoms with Crippen LogP contribution in [0, 0.1) is 18.3 Å². The van der Waals surface area contributed by atoms with E-state index >= 15 is 0 Å². The molecule has 0 fully saturated rings. The topological polar surface area (TPSA) is 90.7 Å². The number of azo groups is 1. The zero-order valence-corrected chi connectivity index (χ0v) is 13.9. The Hall–Kier alpha value is -2.36. The van der Waals surface area contributed by atoms with Crippen LogP contribution >= 0.6 is 23.2 Å². The van der Waals surface area contributed by atoms with Crippen LogP contribution in [0.15, 0.2) is 33.2 Å². The lowest BCUT2D eigenvalue weighted by Gasteiger charge is -2.10. The number of rotatable bonds is 3. The van der Waals surface area contributed by atoms with Crippen molar-refractivity contribution in [2.75, 3.05) is 0 Å². The Morgan fingerprint density at radius 2 is 2.04 bits per heavy atom. The van der Waals surface area contributed by atoms with Crippen molar-refractivity contribution >= 4 is 34.6 Å². The molecule has 0 aliphatic carbocycles. The van der Waals surface area contributed by atoms with Crippen LogP contribution < -0.4 is 5.56 Å². The molecule has 0 spiro atoms. The van der Waals surface area contributed by atoms with E-state index in [9.17, 15) is 9.90 Å². The summed E-state index contributed by atoms with van der Waals surface area (Å²) in [4.78, 5) is 12.4. The second-order valence-electron chi connectivity index (χ2n) is 4.63. The minimum absolute atomic E-state index is 0.0115. The molecule has 2 aromatic rings. The summed E-state index contributed by atoms with van der Waals surface area (Å²) in [6.45, 7) is 3.40. The number of nitrogens with zero attached hydrogens (tertiary/aromatic N) is 4. The maximum Gasteiger partial charge on any atom is 0.281 e. The lowest BCUT2D eigenvalue weighted by Crippen LogP contribution is -2.20. The molecule has 0 unspecified atom stereocenters. The second kappa shape index (κ2) is 6.82. The summed E-state index contributed by atoms with van der Waals surface area (Å²) in [5.41, 5.74) is 0.0307. The molecular formula is C15H12Cl2N4O2. The fourth-order valence-corrected chi connectivity index (χ4v) is 2.46. The first-order chi connectivity index (χ1) is 10.9. The molecule has 2 rings (SSSR count). The van der Waals surface area contributed by atoms with Gasteiger partial charge in [0.1, 0.15) is 17.3 Å². The SMILES string of the molecule is CCn1c(O)c(C#N)c(C)c(N=Nc2ccc(Cl)cc2Cl)c1=O. The van der Waals surface area contributed by atoms with Crippen molar-refractivity contribution in [3.63, 3.8) is 0 Å². The molecule has 0 radical (unpaired) electrons. The summed E-state index contributed by atoms with van der Waals surface area (Å²) >= 11 is 11.8. The van der Waals surface area contributed by atoms with E-state index in [1.54, 1.807) is 19.1 Å². The monoisotopic (exact) mass is 350 g/mol. The number of halogens is 2. The first-order valence-electron chi connectivity index (χ1n) is 6.64. The minimum Gasteiger partial charge on any atom is -0.493 e. The molecule has 0 aliphatic heterocycles. The predicted octanol–water partition coefficient (Wildman–Crippen LogP) is 4.48. The van der Waals surface area contributed by atoms with Gasteiger partial charge in [-0.1, -0.05) is 23.2 Å². The molecule has 0 atom stereocenters. The van der Waals surface area contributed by atoms with E-state index in [0.29, 0.717) is 10.7 Å². The third-order valence-corrected chi connectivity index (χ3v) is 3.79. The average Bonchev–Trinajstić information content (AvgIpc) is 2.50. The maximum absolute atomic E-state index is 12.4. The summed E-state index contributed by atoms with van der Waals surface area (Å²) in [5, 5.41) is 27.7. The third-order valence-electron chi connectivity index (χ3n) is 3.25. The Morgan fingerprint density at radius 3 is 2.61 bits per heavy atom. The van der Waals surface area contributed by atoms with Gasteiger partial charge in [0.2, 0.25) is 5.88 Å². The largest absolute Gasteiger partial charge is 0.493 e. The van der Waals surface area contributed by atoms with E-state index in [-0.39, 0.29) is 34.3 Å². The Kier molecular flexibility index (Phi) is 5.04. The van der Waals surface area contributed by atoms with E-state index < -0.39 is 5.56 Å². The third kappa shape index (κ3) is 3.21. The first-order valence-corrected chi connectivity index (χ1v) is 7.39. The van der Waals surface area contributed by atoms with Gasteiger partial charge >= 0.3 is 0 Å². The van der Waals surface area contributed by atoms with Crippen molar-refractivity contribution in [1.82, 2.24) is 4.57 Å². The van der Waals surface area contributed by atoms with Crippen LogP contribution in [0.5, 0.6) is 5.88 Å². The summed E-state index contributed by atoms with van der Waals surface area (Å²) in [6, 6.07) is 6.53. The minimum atomic E-state index is -0.532. The van der Waals surface area contributed by atoms with Crippen LogP contribution in [0.25, 0.3) is 0 Å². The average molecular weight is 351 g/mol. The van der Waals surface area contributed by atoms with E-state index in [0.717, 1.165) is 4.57 Å². The van der Waals surface area contributed by atoms with E-state index in [1.807, 2.05) is 6.07 Å². The lowest BCUT2D eigenvalue weighted by atomic mass is 10.1. The van der Waals surface area contributed by atoms with Gasteiger partial charge in [-0.3, -0.25) is 9.36 Å². The normalized spacial score (nSPS) is 10.9. The summed E-state index contributed by atoms with van der Waals surface area (Å²) in [5.74, 6) is -0.374. The highest BCUT2D eigenvalue weighted by molar-refractivity contribution is 6.36. The molecule has 0 saturated carbocycles. The second-order valence-corrected chi connectivity index (χ2v) is 5.47. The van der Waals surface area contributed by atoms with E-state index in [1.165, 1.54) is 13.0 Å². The Labute approximate surface area is 142 Å². The quantitative estimate of drug-likeness (QED) is 0.827. The molecule has 23 heavy (non-hydrogen) atoms. The van der Waals surface area contributed by atoms with Crippen LogP contribution in [0.4, 0.5) is 11.4 Å². The number of nitriles is 1. The van der Waals surface area contributed by atoms with E-state index in [2.05, 4.69) is 10.2 Å². The van der Waals surface area contributed by atoms with Gasteiger partial charge in [-0.2, -0.15) is 5.26 Å². The zero-order chi connectivity index (χ0) is 17.1. The molecule has 1 heterocycles. The Balaban J connectivity index is 2.62. The first kappa shape index (κ1) is 17.0. The fraction of sp³-hybridized carbons (Fsp3) is 0.200. The summed E-state index contributed by atoms with van der Waals surface area (Å²) in [6.07, 6.45) is 0. The molecule has 8 heteroatoms. The zero-order valence-electron chi connectivity index (χ0n) is 12.3. The molecule has 0 amide bonds. The van der Waals surface area contributed by atoms with Gasteiger partial charge in [0, 0.05) is 17.1 Å². The van der Waals surface area contributed by atoms with Gasteiger partial charge in [-0.05, 0) is 32.0 Å². The lowest BCUT2D eigenvalue weighted by molar-refractivity contribution is 0.409. The van der Waals surface area contributed by atoms with Crippen molar-refractivity contribution in [1.29, 1.82) is 5.26 Å². The van der Waals surface area contributed by atoms with E-state index in [4.69, 9.17) is 28.5 Å². The molecule has 0 saturated heterocycles.